The van der Waals surface area contributed by atoms with Crippen LogP contribution in [-0.2, 0) is 4.79 Å². The fourth-order valence-electron chi connectivity index (χ4n) is 2.23. The van der Waals surface area contributed by atoms with E-state index in [9.17, 15) is 4.79 Å². The molecule has 9 heteroatoms. The third kappa shape index (κ3) is 3.76. The predicted octanol–water partition coefficient (Wildman–Crippen LogP) is 3.53. The highest BCUT2D eigenvalue weighted by Crippen LogP contribution is 2.28. The molecule has 3 rings (SSSR count). The molecular weight excluding hydrogens is 342 g/mol. The van der Waals surface area contributed by atoms with Crippen LogP contribution in [0, 0.1) is 6.92 Å². The van der Waals surface area contributed by atoms with E-state index in [1.807, 2.05) is 20.8 Å². The first-order chi connectivity index (χ1) is 12.0. The summed E-state index contributed by atoms with van der Waals surface area (Å²) in [4.78, 5) is 12.4. The standard InChI is InChI=1S/C16H19N5O3S/c1-9(2)21-13(5-7-17-21)18-14(22)11(4)25-16-20-19-15(24-16)12-6-8-23-10(12)3/h5-9,11H,1-4H3,(H,18,22)/t11-/m0/s1. The summed E-state index contributed by atoms with van der Waals surface area (Å²) >= 11 is 1.20. The lowest BCUT2D eigenvalue weighted by molar-refractivity contribution is -0.115. The van der Waals surface area contributed by atoms with Gasteiger partial charge in [0.1, 0.15) is 11.6 Å². The number of anilines is 1. The lowest BCUT2D eigenvalue weighted by atomic mass is 10.3. The fraction of sp³-hybridized carbons (Fsp3) is 0.375. The molecule has 132 valence electrons. The second-order valence-corrected chi connectivity index (χ2v) is 7.06. The second kappa shape index (κ2) is 7.14. The van der Waals surface area contributed by atoms with Crippen molar-refractivity contribution in [3.8, 4) is 11.5 Å². The molecule has 0 unspecified atom stereocenters. The molecule has 0 bridgehead atoms. The number of hydrogen-bond donors (Lipinski definition) is 1. The molecule has 0 aromatic carbocycles. The summed E-state index contributed by atoms with van der Waals surface area (Å²) in [6.45, 7) is 7.60. The molecule has 1 amide bonds. The molecule has 1 N–H and O–H groups in total. The Hall–Kier alpha value is -2.55. The van der Waals surface area contributed by atoms with Crippen molar-refractivity contribution >= 4 is 23.5 Å². The fourth-order valence-corrected chi connectivity index (χ4v) is 2.91. The quantitative estimate of drug-likeness (QED) is 0.670. The smallest absolute Gasteiger partial charge is 0.277 e. The Morgan fingerprint density at radius 1 is 1.28 bits per heavy atom. The van der Waals surface area contributed by atoms with E-state index in [0.717, 1.165) is 5.56 Å². The van der Waals surface area contributed by atoms with Gasteiger partial charge in [0.25, 0.3) is 11.1 Å². The first-order valence-corrected chi connectivity index (χ1v) is 8.72. The Bertz CT molecular complexity index is 867. The summed E-state index contributed by atoms with van der Waals surface area (Å²) in [6.07, 6.45) is 3.22. The van der Waals surface area contributed by atoms with E-state index < -0.39 is 5.25 Å². The number of carbonyl (C=O) groups is 1. The molecule has 8 nitrogen and oxygen atoms in total. The zero-order chi connectivity index (χ0) is 18.0. The van der Waals surface area contributed by atoms with Gasteiger partial charge in [-0.15, -0.1) is 10.2 Å². The number of carbonyl (C=O) groups excluding carboxylic acids is 1. The Balaban J connectivity index is 1.65. The van der Waals surface area contributed by atoms with Crippen LogP contribution >= 0.6 is 11.8 Å². The van der Waals surface area contributed by atoms with E-state index in [2.05, 4.69) is 20.6 Å². The average molecular weight is 361 g/mol. The number of rotatable bonds is 6. The van der Waals surface area contributed by atoms with Gasteiger partial charge < -0.3 is 14.2 Å². The summed E-state index contributed by atoms with van der Waals surface area (Å²) in [5.41, 5.74) is 0.747. The monoisotopic (exact) mass is 361 g/mol. The molecule has 0 aliphatic heterocycles. The minimum absolute atomic E-state index is 0.157. The van der Waals surface area contributed by atoms with E-state index >= 15 is 0 Å². The molecule has 1 atom stereocenters. The Labute approximate surface area is 149 Å². The normalized spacial score (nSPS) is 12.5. The van der Waals surface area contributed by atoms with Crippen molar-refractivity contribution in [2.45, 2.75) is 44.2 Å². The number of amides is 1. The van der Waals surface area contributed by atoms with Crippen LogP contribution in [0.3, 0.4) is 0 Å². The van der Waals surface area contributed by atoms with Gasteiger partial charge in [-0.05, 0) is 33.8 Å². The number of nitrogens with one attached hydrogen (secondary N) is 1. The van der Waals surface area contributed by atoms with Gasteiger partial charge in [0.15, 0.2) is 0 Å². The summed E-state index contributed by atoms with van der Waals surface area (Å²) in [5, 5.41) is 15.0. The molecule has 0 radical (unpaired) electrons. The van der Waals surface area contributed by atoms with E-state index in [1.54, 1.807) is 36.2 Å². The Morgan fingerprint density at radius 2 is 2.08 bits per heavy atom. The van der Waals surface area contributed by atoms with Gasteiger partial charge in [0, 0.05) is 12.1 Å². The van der Waals surface area contributed by atoms with Gasteiger partial charge >= 0.3 is 0 Å². The average Bonchev–Trinajstić information content (AvgIpc) is 3.27. The van der Waals surface area contributed by atoms with Crippen LogP contribution in [-0.4, -0.2) is 31.1 Å². The molecule has 0 aliphatic carbocycles. The molecule has 0 fully saturated rings. The SMILES string of the molecule is Cc1occc1-c1nnc(S[C@@H](C)C(=O)Nc2ccnn2C(C)C)o1. The van der Waals surface area contributed by atoms with Gasteiger partial charge in [0.05, 0.1) is 23.3 Å². The topological polar surface area (TPSA) is 99.0 Å². The molecule has 0 saturated carbocycles. The first-order valence-electron chi connectivity index (χ1n) is 7.84. The van der Waals surface area contributed by atoms with Crippen molar-refractivity contribution in [2.75, 3.05) is 5.32 Å². The lowest BCUT2D eigenvalue weighted by Crippen LogP contribution is -2.24. The maximum atomic E-state index is 12.4. The zero-order valence-electron chi connectivity index (χ0n) is 14.4. The van der Waals surface area contributed by atoms with Gasteiger partial charge in [-0.2, -0.15) is 5.10 Å². The number of thioether (sulfide) groups is 1. The minimum Gasteiger partial charge on any atom is -0.469 e. The van der Waals surface area contributed by atoms with Crippen LogP contribution in [0.25, 0.3) is 11.5 Å². The minimum atomic E-state index is -0.408. The number of hydrogen-bond acceptors (Lipinski definition) is 7. The van der Waals surface area contributed by atoms with E-state index in [4.69, 9.17) is 8.83 Å². The third-order valence-corrected chi connectivity index (χ3v) is 4.49. The summed E-state index contributed by atoms with van der Waals surface area (Å²) in [5.74, 6) is 1.58. The summed E-state index contributed by atoms with van der Waals surface area (Å²) in [7, 11) is 0. The van der Waals surface area contributed by atoms with Crippen molar-refractivity contribution in [1.82, 2.24) is 20.0 Å². The van der Waals surface area contributed by atoms with Crippen molar-refractivity contribution in [3.05, 3.63) is 30.4 Å². The number of aromatic nitrogens is 4. The number of nitrogens with zero attached hydrogens (tertiary/aromatic N) is 4. The van der Waals surface area contributed by atoms with E-state index in [0.29, 0.717) is 22.7 Å². The molecule has 25 heavy (non-hydrogen) atoms. The van der Waals surface area contributed by atoms with Crippen LogP contribution < -0.4 is 5.32 Å². The Morgan fingerprint density at radius 3 is 2.76 bits per heavy atom. The molecule has 0 aliphatic rings. The van der Waals surface area contributed by atoms with Crippen LogP contribution in [0.2, 0.25) is 0 Å². The molecule has 0 spiro atoms. The third-order valence-electron chi connectivity index (χ3n) is 3.55. The van der Waals surface area contributed by atoms with E-state index in [1.165, 1.54) is 11.8 Å². The van der Waals surface area contributed by atoms with Crippen LogP contribution in [0.5, 0.6) is 0 Å². The Kier molecular flexibility index (Phi) is 4.93. The molecular formula is C16H19N5O3S. The van der Waals surface area contributed by atoms with Crippen LogP contribution in [0.15, 0.2) is 38.6 Å². The van der Waals surface area contributed by atoms with Crippen molar-refractivity contribution in [1.29, 1.82) is 0 Å². The van der Waals surface area contributed by atoms with Crippen LogP contribution in [0.1, 0.15) is 32.6 Å². The van der Waals surface area contributed by atoms with Gasteiger partial charge in [-0.1, -0.05) is 11.8 Å². The van der Waals surface area contributed by atoms with E-state index in [-0.39, 0.29) is 11.9 Å². The van der Waals surface area contributed by atoms with Crippen molar-refractivity contribution < 1.29 is 13.6 Å². The summed E-state index contributed by atoms with van der Waals surface area (Å²) < 4.78 is 12.6. The lowest BCUT2D eigenvalue weighted by Gasteiger charge is -2.13. The molecule has 0 saturated heterocycles. The van der Waals surface area contributed by atoms with Crippen LogP contribution in [0.4, 0.5) is 5.82 Å². The number of furan rings is 1. The molecule has 3 heterocycles. The second-order valence-electron chi connectivity index (χ2n) is 5.77. The van der Waals surface area contributed by atoms with Gasteiger partial charge in [-0.25, -0.2) is 4.68 Å². The highest BCUT2D eigenvalue weighted by Gasteiger charge is 2.21. The first kappa shape index (κ1) is 17.3. The highest BCUT2D eigenvalue weighted by molar-refractivity contribution is 8.00. The van der Waals surface area contributed by atoms with Crippen molar-refractivity contribution in [3.63, 3.8) is 0 Å². The maximum Gasteiger partial charge on any atom is 0.277 e. The predicted molar refractivity (Wildman–Crippen MR) is 93.3 cm³/mol. The summed E-state index contributed by atoms with van der Waals surface area (Å²) in [6, 6.07) is 3.69. The van der Waals surface area contributed by atoms with Gasteiger partial charge in [0.2, 0.25) is 5.91 Å². The highest BCUT2D eigenvalue weighted by atomic mass is 32.2. The number of aryl methyl sites for hydroxylation is 1. The molecule has 3 aromatic heterocycles. The zero-order valence-corrected chi connectivity index (χ0v) is 15.2. The van der Waals surface area contributed by atoms with Gasteiger partial charge in [-0.3, -0.25) is 4.79 Å². The maximum absolute atomic E-state index is 12.4. The molecule has 3 aromatic rings. The van der Waals surface area contributed by atoms with Crippen molar-refractivity contribution in [2.24, 2.45) is 0 Å². The largest absolute Gasteiger partial charge is 0.469 e.